The molecule has 2 nitrogen and oxygen atoms in total. The number of rotatable bonds is 3. The van der Waals surface area contributed by atoms with E-state index in [-0.39, 0.29) is 5.91 Å². The van der Waals surface area contributed by atoms with Gasteiger partial charge < -0.3 is 4.90 Å². The summed E-state index contributed by atoms with van der Waals surface area (Å²) in [5, 5.41) is 5.29. The van der Waals surface area contributed by atoms with Crippen LogP contribution in [0.4, 0.5) is 0 Å². The summed E-state index contributed by atoms with van der Waals surface area (Å²) in [6.07, 6.45) is 1.48. The lowest BCUT2D eigenvalue weighted by atomic mass is 10.1. The van der Waals surface area contributed by atoms with Crippen LogP contribution in [-0.4, -0.2) is 29.6 Å². The Bertz CT molecular complexity index is 629. The van der Waals surface area contributed by atoms with Gasteiger partial charge in [0.15, 0.2) is 0 Å². The van der Waals surface area contributed by atoms with Gasteiger partial charge in [0.2, 0.25) is 5.91 Å². The van der Waals surface area contributed by atoms with Crippen LogP contribution in [0.15, 0.2) is 41.1 Å². The van der Waals surface area contributed by atoms with E-state index in [2.05, 4.69) is 11.4 Å². The maximum atomic E-state index is 12.4. The fraction of sp³-hybridized carbons (Fsp3) is 0.353. The van der Waals surface area contributed by atoms with Crippen molar-refractivity contribution >= 4 is 40.6 Å². The maximum absolute atomic E-state index is 12.4. The normalized spacial score (nSPS) is 19.0. The third-order valence-corrected chi connectivity index (χ3v) is 6.27. The van der Waals surface area contributed by atoms with E-state index in [1.807, 2.05) is 46.3 Å². The summed E-state index contributed by atoms with van der Waals surface area (Å²) >= 11 is 9.86. The highest BCUT2D eigenvalue weighted by Crippen LogP contribution is 2.37. The molecule has 0 bridgehead atoms. The van der Waals surface area contributed by atoms with Gasteiger partial charge in [0.25, 0.3) is 0 Å². The average Bonchev–Trinajstić information content (AvgIpc) is 2.90. The third-order valence-electron chi connectivity index (χ3n) is 3.88. The van der Waals surface area contributed by atoms with Crippen molar-refractivity contribution in [2.45, 2.75) is 18.1 Å². The van der Waals surface area contributed by atoms with Gasteiger partial charge in [0, 0.05) is 29.1 Å². The third kappa shape index (κ3) is 3.86. The molecular weight excluding hydrogens is 334 g/mol. The fourth-order valence-corrected chi connectivity index (χ4v) is 4.95. The Balaban J connectivity index is 1.62. The van der Waals surface area contributed by atoms with E-state index < -0.39 is 0 Å². The number of benzene rings is 1. The van der Waals surface area contributed by atoms with Gasteiger partial charge in [0.1, 0.15) is 0 Å². The minimum absolute atomic E-state index is 0.235. The van der Waals surface area contributed by atoms with Crippen molar-refractivity contribution < 1.29 is 4.79 Å². The van der Waals surface area contributed by atoms with Crippen LogP contribution < -0.4 is 0 Å². The molecule has 1 aliphatic rings. The van der Waals surface area contributed by atoms with Crippen LogP contribution in [-0.2, 0) is 11.2 Å². The fourth-order valence-electron chi connectivity index (χ4n) is 2.68. The lowest BCUT2D eigenvalue weighted by Crippen LogP contribution is -2.34. The summed E-state index contributed by atoms with van der Waals surface area (Å²) in [5.41, 5.74) is 2.32. The molecule has 0 aliphatic carbocycles. The smallest absolute Gasteiger partial charge is 0.227 e. The van der Waals surface area contributed by atoms with Gasteiger partial charge in [-0.05, 0) is 40.4 Å². The van der Waals surface area contributed by atoms with Gasteiger partial charge in [-0.3, -0.25) is 4.79 Å². The molecule has 2 heterocycles. The second-order valence-corrected chi connectivity index (χ2v) is 7.86. The van der Waals surface area contributed by atoms with Gasteiger partial charge in [-0.25, -0.2) is 0 Å². The first-order valence-corrected chi connectivity index (χ1v) is 9.76. The molecule has 116 valence electrons. The monoisotopic (exact) mass is 351 g/mol. The Morgan fingerprint density at radius 3 is 2.91 bits per heavy atom. The molecule has 0 spiro atoms. The molecule has 0 radical (unpaired) electrons. The highest BCUT2D eigenvalue weighted by atomic mass is 35.5. The topological polar surface area (TPSA) is 20.3 Å². The van der Waals surface area contributed by atoms with E-state index in [9.17, 15) is 4.79 Å². The molecule has 0 saturated carbocycles. The Hall–Kier alpha value is -0.970. The predicted octanol–water partition coefficient (Wildman–Crippen LogP) is 4.65. The molecule has 1 unspecified atom stereocenters. The molecule has 1 saturated heterocycles. The number of halogens is 1. The molecular formula is C17H18ClNOS2. The number of thiophene rings is 1. The average molecular weight is 352 g/mol. The first-order valence-electron chi connectivity index (χ1n) is 7.39. The van der Waals surface area contributed by atoms with Gasteiger partial charge in [0.05, 0.1) is 6.42 Å². The van der Waals surface area contributed by atoms with Crippen LogP contribution in [0.1, 0.15) is 22.8 Å². The van der Waals surface area contributed by atoms with Crippen LogP contribution in [0.5, 0.6) is 0 Å². The zero-order valence-electron chi connectivity index (χ0n) is 12.2. The van der Waals surface area contributed by atoms with Crippen molar-refractivity contribution in [3.8, 4) is 0 Å². The summed E-state index contributed by atoms with van der Waals surface area (Å²) in [4.78, 5) is 14.4. The second kappa shape index (κ2) is 7.53. The SMILES string of the molecule is O=C(Cc1ccsc1)N1CCSC(c2ccccc2Cl)CC1. The molecule has 3 rings (SSSR count). The largest absolute Gasteiger partial charge is 0.342 e. The zero-order chi connectivity index (χ0) is 15.4. The molecule has 1 aromatic carbocycles. The van der Waals surface area contributed by atoms with Crippen LogP contribution >= 0.6 is 34.7 Å². The maximum Gasteiger partial charge on any atom is 0.227 e. The number of amides is 1. The number of hydrogen-bond donors (Lipinski definition) is 0. The number of carbonyl (C=O) groups excluding carboxylic acids is 1. The van der Waals surface area contributed by atoms with Crippen molar-refractivity contribution in [1.82, 2.24) is 4.90 Å². The van der Waals surface area contributed by atoms with Crippen molar-refractivity contribution in [1.29, 1.82) is 0 Å². The summed E-state index contributed by atoms with van der Waals surface area (Å²) in [6.45, 7) is 1.64. The van der Waals surface area contributed by atoms with E-state index >= 15 is 0 Å². The molecule has 1 amide bonds. The van der Waals surface area contributed by atoms with Crippen molar-refractivity contribution in [3.05, 3.63) is 57.2 Å². The van der Waals surface area contributed by atoms with Gasteiger partial charge in [-0.15, -0.1) is 0 Å². The van der Waals surface area contributed by atoms with Gasteiger partial charge in [-0.1, -0.05) is 29.8 Å². The lowest BCUT2D eigenvalue weighted by Gasteiger charge is -2.20. The second-order valence-electron chi connectivity index (χ2n) is 5.36. The lowest BCUT2D eigenvalue weighted by molar-refractivity contribution is -0.130. The van der Waals surface area contributed by atoms with E-state index in [1.54, 1.807) is 11.3 Å². The number of nitrogens with zero attached hydrogens (tertiary/aromatic N) is 1. The summed E-state index contributed by atoms with van der Waals surface area (Å²) in [7, 11) is 0. The standard InChI is InChI=1S/C17H18ClNOS2/c18-15-4-2-1-3-14(15)16-5-7-19(8-10-22-16)17(20)11-13-6-9-21-12-13/h1-4,6,9,12,16H,5,7-8,10-11H2. The van der Waals surface area contributed by atoms with Crippen LogP contribution in [0.2, 0.25) is 5.02 Å². The molecule has 22 heavy (non-hydrogen) atoms. The minimum atomic E-state index is 0.235. The van der Waals surface area contributed by atoms with E-state index in [0.29, 0.717) is 11.7 Å². The first kappa shape index (κ1) is 15.9. The molecule has 1 aromatic heterocycles. The highest BCUT2D eigenvalue weighted by Gasteiger charge is 2.23. The Kier molecular flexibility index (Phi) is 5.45. The summed E-state index contributed by atoms with van der Waals surface area (Å²) in [6, 6.07) is 10.1. The molecule has 2 aromatic rings. The minimum Gasteiger partial charge on any atom is -0.342 e. The van der Waals surface area contributed by atoms with E-state index in [1.165, 1.54) is 5.56 Å². The van der Waals surface area contributed by atoms with Crippen LogP contribution in [0.3, 0.4) is 0 Å². The zero-order valence-corrected chi connectivity index (χ0v) is 14.6. The quantitative estimate of drug-likeness (QED) is 0.802. The Labute approximate surface area is 144 Å². The molecule has 1 atom stereocenters. The summed E-state index contributed by atoms with van der Waals surface area (Å²) in [5.74, 6) is 1.20. The molecule has 1 fully saturated rings. The van der Waals surface area contributed by atoms with Crippen LogP contribution in [0, 0.1) is 0 Å². The Morgan fingerprint density at radius 1 is 1.27 bits per heavy atom. The number of thioether (sulfide) groups is 1. The Morgan fingerprint density at radius 2 is 2.14 bits per heavy atom. The van der Waals surface area contributed by atoms with Gasteiger partial charge in [-0.2, -0.15) is 23.1 Å². The predicted molar refractivity (Wildman–Crippen MR) is 95.9 cm³/mol. The number of hydrogen-bond acceptors (Lipinski definition) is 3. The molecule has 1 aliphatic heterocycles. The van der Waals surface area contributed by atoms with Crippen molar-refractivity contribution in [2.24, 2.45) is 0 Å². The van der Waals surface area contributed by atoms with Crippen LogP contribution in [0.25, 0.3) is 0 Å². The first-order chi connectivity index (χ1) is 10.7. The summed E-state index contributed by atoms with van der Waals surface area (Å²) < 4.78 is 0. The molecule has 5 heteroatoms. The van der Waals surface area contributed by atoms with Gasteiger partial charge >= 0.3 is 0 Å². The molecule has 0 N–H and O–H groups in total. The van der Waals surface area contributed by atoms with Crippen molar-refractivity contribution in [3.63, 3.8) is 0 Å². The highest BCUT2D eigenvalue weighted by molar-refractivity contribution is 7.99. The van der Waals surface area contributed by atoms with Crippen molar-refractivity contribution in [2.75, 3.05) is 18.8 Å². The van der Waals surface area contributed by atoms with E-state index in [4.69, 9.17) is 11.6 Å². The number of carbonyl (C=O) groups is 1. The van der Waals surface area contributed by atoms with E-state index in [0.717, 1.165) is 35.8 Å².